The lowest BCUT2D eigenvalue weighted by atomic mass is 10.0. The number of nitrogens with zero attached hydrogens (tertiary/aromatic N) is 2. The van der Waals surface area contributed by atoms with Crippen molar-refractivity contribution < 1.29 is 0 Å². The third-order valence-corrected chi connectivity index (χ3v) is 3.98. The molecule has 1 aromatic heterocycles. The van der Waals surface area contributed by atoms with Crippen LogP contribution in [-0.2, 0) is 6.42 Å². The fourth-order valence-electron chi connectivity index (χ4n) is 3.17. The van der Waals surface area contributed by atoms with Crippen molar-refractivity contribution in [1.29, 1.82) is 0 Å². The lowest BCUT2D eigenvalue weighted by Crippen LogP contribution is -2.16. The van der Waals surface area contributed by atoms with E-state index < -0.39 is 0 Å². The van der Waals surface area contributed by atoms with E-state index in [1.165, 1.54) is 24.0 Å². The molecule has 1 atom stereocenters. The maximum Gasteiger partial charge on any atom is 0.131 e. The summed E-state index contributed by atoms with van der Waals surface area (Å²) in [7, 11) is 0. The van der Waals surface area contributed by atoms with Crippen molar-refractivity contribution in [3.05, 3.63) is 35.2 Å². The number of nitrogen functional groups attached to an aromatic ring is 1. The van der Waals surface area contributed by atoms with E-state index in [2.05, 4.69) is 43.5 Å². The van der Waals surface area contributed by atoms with Gasteiger partial charge in [-0.2, -0.15) is 0 Å². The lowest BCUT2D eigenvalue weighted by Gasteiger charge is -2.22. The Bertz CT molecular complexity index is 605. The van der Waals surface area contributed by atoms with Gasteiger partial charge in [-0.15, -0.1) is 0 Å². The van der Waals surface area contributed by atoms with Gasteiger partial charge in [-0.05, 0) is 45.7 Å². The molecule has 3 nitrogen and oxygen atoms in total. The molecule has 3 heteroatoms. The fourth-order valence-corrected chi connectivity index (χ4v) is 3.17. The van der Waals surface area contributed by atoms with E-state index in [1.54, 1.807) is 0 Å². The molecule has 1 unspecified atom stereocenters. The minimum absolute atomic E-state index is 0.468. The van der Waals surface area contributed by atoms with E-state index in [9.17, 15) is 0 Å². The van der Waals surface area contributed by atoms with Crippen LogP contribution in [-0.4, -0.2) is 9.55 Å². The average molecular weight is 255 g/mol. The van der Waals surface area contributed by atoms with Gasteiger partial charge in [0, 0.05) is 18.0 Å². The number of benzene rings is 1. The van der Waals surface area contributed by atoms with Crippen LogP contribution in [0.25, 0.3) is 11.3 Å². The number of hydrogen-bond donors (Lipinski definition) is 1. The Morgan fingerprint density at radius 2 is 1.89 bits per heavy atom. The first-order valence-corrected chi connectivity index (χ1v) is 7.01. The molecule has 0 amide bonds. The molecule has 0 aliphatic carbocycles. The summed E-state index contributed by atoms with van der Waals surface area (Å²) < 4.78 is 2.22. The van der Waals surface area contributed by atoms with Gasteiger partial charge >= 0.3 is 0 Å². The first kappa shape index (κ1) is 12.3. The molecule has 0 saturated carbocycles. The third kappa shape index (κ3) is 2.03. The Balaban J connectivity index is 2.16. The zero-order valence-electron chi connectivity index (χ0n) is 11.9. The Labute approximate surface area is 114 Å². The molecule has 100 valence electrons. The predicted octanol–water partition coefficient (Wildman–Crippen LogP) is 3.65. The highest BCUT2D eigenvalue weighted by Gasteiger charge is 2.23. The van der Waals surface area contributed by atoms with Gasteiger partial charge < -0.3 is 10.3 Å². The van der Waals surface area contributed by atoms with Crippen molar-refractivity contribution in [3.8, 4) is 11.3 Å². The molecule has 1 aliphatic heterocycles. The maximum absolute atomic E-state index is 6.35. The summed E-state index contributed by atoms with van der Waals surface area (Å²) in [4.78, 5) is 4.79. The Morgan fingerprint density at radius 3 is 2.53 bits per heavy atom. The molecule has 0 fully saturated rings. The van der Waals surface area contributed by atoms with Gasteiger partial charge in [0.2, 0.25) is 0 Å². The summed E-state index contributed by atoms with van der Waals surface area (Å²) in [6, 6.07) is 6.99. The fraction of sp³-hybridized carbons (Fsp3) is 0.438. The van der Waals surface area contributed by atoms with E-state index in [1.807, 2.05) is 0 Å². The molecule has 0 spiro atoms. The van der Waals surface area contributed by atoms with Crippen LogP contribution < -0.4 is 5.73 Å². The van der Waals surface area contributed by atoms with Crippen LogP contribution in [0.3, 0.4) is 0 Å². The first-order valence-electron chi connectivity index (χ1n) is 7.01. The Hall–Kier alpha value is -1.77. The molecule has 0 saturated heterocycles. The quantitative estimate of drug-likeness (QED) is 0.845. The van der Waals surface area contributed by atoms with Crippen LogP contribution in [0.4, 0.5) is 5.82 Å². The van der Waals surface area contributed by atoms with E-state index in [0.29, 0.717) is 6.04 Å². The number of nitrogens with two attached hydrogens (primary N) is 1. The second kappa shape index (κ2) is 4.41. The van der Waals surface area contributed by atoms with Crippen LogP contribution in [0, 0.1) is 13.8 Å². The summed E-state index contributed by atoms with van der Waals surface area (Å²) in [5.41, 5.74) is 11.0. The molecular weight excluding hydrogens is 234 g/mol. The van der Waals surface area contributed by atoms with Crippen molar-refractivity contribution in [2.45, 2.75) is 46.1 Å². The third-order valence-electron chi connectivity index (χ3n) is 3.98. The summed E-state index contributed by atoms with van der Waals surface area (Å²) in [5, 5.41) is 0. The molecule has 2 N–H and O–H groups in total. The number of aromatic nitrogens is 2. The Kier molecular flexibility index (Phi) is 2.85. The van der Waals surface area contributed by atoms with Gasteiger partial charge in [-0.3, -0.25) is 0 Å². The SMILES string of the molecule is Cc1cc(C)cc(-c2nc3n(c2N)C(C)CCC3)c1. The zero-order valence-corrected chi connectivity index (χ0v) is 11.9. The normalized spacial score (nSPS) is 18.4. The van der Waals surface area contributed by atoms with Gasteiger partial charge in [0.15, 0.2) is 0 Å². The van der Waals surface area contributed by atoms with Crippen molar-refractivity contribution in [3.63, 3.8) is 0 Å². The van der Waals surface area contributed by atoms with Crippen LogP contribution >= 0.6 is 0 Å². The highest BCUT2D eigenvalue weighted by Crippen LogP contribution is 2.34. The monoisotopic (exact) mass is 255 g/mol. The molecule has 3 rings (SSSR count). The van der Waals surface area contributed by atoms with E-state index in [-0.39, 0.29) is 0 Å². The van der Waals surface area contributed by atoms with Gasteiger partial charge in [0.05, 0.1) is 0 Å². The number of aryl methyl sites for hydroxylation is 3. The van der Waals surface area contributed by atoms with Crippen molar-refractivity contribution in [1.82, 2.24) is 9.55 Å². The molecule has 0 radical (unpaired) electrons. The molecule has 1 aromatic carbocycles. The van der Waals surface area contributed by atoms with Crippen LogP contribution in [0.15, 0.2) is 18.2 Å². The standard InChI is InChI=1S/C16H21N3/c1-10-7-11(2)9-13(8-10)15-16(17)19-12(3)5-4-6-14(19)18-15/h7-9,12H,4-6,17H2,1-3H3. The second-order valence-electron chi connectivity index (χ2n) is 5.75. The number of anilines is 1. The maximum atomic E-state index is 6.35. The second-order valence-corrected chi connectivity index (χ2v) is 5.75. The van der Waals surface area contributed by atoms with Crippen molar-refractivity contribution in [2.75, 3.05) is 5.73 Å². The number of hydrogen-bond acceptors (Lipinski definition) is 2. The van der Waals surface area contributed by atoms with Crippen LogP contribution in [0.2, 0.25) is 0 Å². The van der Waals surface area contributed by atoms with E-state index in [4.69, 9.17) is 10.7 Å². The summed E-state index contributed by atoms with van der Waals surface area (Å²) in [5.74, 6) is 1.97. The molecule has 19 heavy (non-hydrogen) atoms. The summed E-state index contributed by atoms with van der Waals surface area (Å²) in [6.45, 7) is 6.46. The largest absolute Gasteiger partial charge is 0.383 e. The highest BCUT2D eigenvalue weighted by molar-refractivity contribution is 5.72. The molecule has 2 aromatic rings. The van der Waals surface area contributed by atoms with Gasteiger partial charge in [-0.1, -0.05) is 17.2 Å². The lowest BCUT2D eigenvalue weighted by molar-refractivity contribution is 0.430. The van der Waals surface area contributed by atoms with E-state index in [0.717, 1.165) is 29.3 Å². The molecule has 2 heterocycles. The topological polar surface area (TPSA) is 43.8 Å². The first-order chi connectivity index (χ1) is 9.06. The average Bonchev–Trinajstić information content (AvgIpc) is 2.67. The van der Waals surface area contributed by atoms with Gasteiger partial charge in [0.1, 0.15) is 17.3 Å². The molecule has 1 aliphatic rings. The van der Waals surface area contributed by atoms with E-state index >= 15 is 0 Å². The van der Waals surface area contributed by atoms with Gasteiger partial charge in [-0.25, -0.2) is 4.98 Å². The minimum atomic E-state index is 0.468. The van der Waals surface area contributed by atoms with Gasteiger partial charge in [0.25, 0.3) is 0 Å². The van der Waals surface area contributed by atoms with Crippen molar-refractivity contribution in [2.24, 2.45) is 0 Å². The molecule has 0 bridgehead atoms. The number of imidazole rings is 1. The minimum Gasteiger partial charge on any atom is -0.383 e. The smallest absolute Gasteiger partial charge is 0.131 e. The van der Waals surface area contributed by atoms with Crippen molar-refractivity contribution >= 4 is 5.82 Å². The Morgan fingerprint density at radius 1 is 1.21 bits per heavy atom. The molecular formula is C16H21N3. The number of rotatable bonds is 1. The summed E-state index contributed by atoms with van der Waals surface area (Å²) >= 11 is 0. The predicted molar refractivity (Wildman–Crippen MR) is 79.2 cm³/mol. The van der Waals surface area contributed by atoms with Crippen LogP contribution in [0.1, 0.15) is 42.8 Å². The number of fused-ring (bicyclic) bond motifs is 1. The van der Waals surface area contributed by atoms with Crippen LogP contribution in [0.5, 0.6) is 0 Å². The summed E-state index contributed by atoms with van der Waals surface area (Å²) in [6.07, 6.45) is 3.45. The zero-order chi connectivity index (χ0) is 13.6. The highest BCUT2D eigenvalue weighted by atomic mass is 15.2.